The van der Waals surface area contributed by atoms with Gasteiger partial charge in [0.15, 0.2) is 0 Å². The van der Waals surface area contributed by atoms with Crippen LogP contribution in [0.2, 0.25) is 0 Å². The van der Waals surface area contributed by atoms with Crippen LogP contribution in [-0.2, 0) is 0 Å². The molecule has 0 aliphatic heterocycles. The molecule has 1 rings (SSSR count). The summed E-state index contributed by atoms with van der Waals surface area (Å²) in [6, 6.07) is 1.41. The number of rotatable bonds is 4. The lowest BCUT2D eigenvalue weighted by molar-refractivity contribution is 0.315. The topological polar surface area (TPSA) is 36.1 Å². The fraction of sp³-hybridized carbons (Fsp3) is 1.00. The minimum absolute atomic E-state index is 0.676. The first kappa shape index (κ1) is 10.3. The molecule has 0 spiro atoms. The van der Waals surface area contributed by atoms with Crippen LogP contribution in [0.15, 0.2) is 0 Å². The minimum atomic E-state index is 0.676. The molecule has 0 heterocycles. The summed E-state index contributed by atoms with van der Waals surface area (Å²) in [7, 11) is 1.94. The summed E-state index contributed by atoms with van der Waals surface area (Å²) < 4.78 is 3.42. The third-order valence-corrected chi connectivity index (χ3v) is 2.93. The van der Waals surface area contributed by atoms with Crippen molar-refractivity contribution in [1.82, 2.24) is 15.6 Å². The summed E-state index contributed by atoms with van der Waals surface area (Å²) in [6.07, 6.45) is 7.23. The van der Waals surface area contributed by atoms with Crippen LogP contribution in [0.4, 0.5) is 0 Å². The molecule has 0 atom stereocenters. The fourth-order valence-corrected chi connectivity index (χ4v) is 2.30. The first-order chi connectivity index (χ1) is 5.86. The van der Waals surface area contributed by atoms with Crippen LogP contribution in [0.1, 0.15) is 25.7 Å². The van der Waals surface area contributed by atoms with Gasteiger partial charge in [-0.25, -0.2) is 0 Å². The van der Waals surface area contributed by atoms with Gasteiger partial charge in [0.1, 0.15) is 0 Å². The molecule has 1 saturated carbocycles. The van der Waals surface area contributed by atoms with E-state index in [1.165, 1.54) is 25.7 Å². The Bertz CT molecular complexity index is 98.9. The quantitative estimate of drug-likeness (QED) is 0.453. The Morgan fingerprint density at radius 1 is 1.08 bits per heavy atom. The third kappa shape index (κ3) is 3.31. The van der Waals surface area contributed by atoms with E-state index in [0.29, 0.717) is 6.04 Å². The molecule has 1 aliphatic rings. The fourth-order valence-electron chi connectivity index (χ4n) is 1.73. The predicted octanol–water partition coefficient (Wildman–Crippen LogP) is 0.889. The molecule has 0 bridgehead atoms. The van der Waals surface area contributed by atoms with E-state index in [9.17, 15) is 0 Å². The van der Waals surface area contributed by atoms with Crippen LogP contribution < -0.4 is 15.6 Å². The molecule has 3 nitrogen and oxygen atoms in total. The van der Waals surface area contributed by atoms with E-state index in [4.69, 9.17) is 0 Å². The van der Waals surface area contributed by atoms with Crippen molar-refractivity contribution >= 4 is 11.9 Å². The molecule has 0 saturated heterocycles. The van der Waals surface area contributed by atoms with Crippen molar-refractivity contribution in [2.45, 2.75) is 37.8 Å². The van der Waals surface area contributed by atoms with Crippen LogP contribution in [0.5, 0.6) is 0 Å². The minimum Gasteiger partial charge on any atom is -0.261 e. The van der Waals surface area contributed by atoms with Crippen molar-refractivity contribution in [2.24, 2.45) is 0 Å². The van der Waals surface area contributed by atoms with Crippen molar-refractivity contribution in [2.75, 3.05) is 13.3 Å². The summed E-state index contributed by atoms with van der Waals surface area (Å²) in [5.74, 6) is 0. The van der Waals surface area contributed by atoms with Gasteiger partial charge in [0, 0.05) is 12.1 Å². The van der Waals surface area contributed by atoms with Gasteiger partial charge in [0.2, 0.25) is 0 Å². The van der Waals surface area contributed by atoms with Crippen molar-refractivity contribution < 1.29 is 0 Å². The average Bonchev–Trinajstić information content (AvgIpc) is 2.09. The van der Waals surface area contributed by atoms with E-state index in [1.54, 1.807) is 11.9 Å². The largest absolute Gasteiger partial charge is 0.261 e. The maximum absolute atomic E-state index is 3.42. The smallest absolute Gasteiger partial charge is 0.0214 e. The summed E-state index contributed by atoms with van der Waals surface area (Å²) in [4.78, 5) is 0. The Morgan fingerprint density at radius 3 is 2.17 bits per heavy atom. The number of nitrogens with one attached hydrogen (secondary N) is 3. The molecule has 3 N–H and O–H groups in total. The van der Waals surface area contributed by atoms with Crippen LogP contribution in [0, 0.1) is 0 Å². The van der Waals surface area contributed by atoms with Gasteiger partial charge in [-0.15, -0.1) is 0 Å². The average molecular weight is 189 g/mol. The Labute approximate surface area is 79.2 Å². The van der Waals surface area contributed by atoms with Gasteiger partial charge in [-0.3, -0.25) is 15.6 Å². The standard InChI is InChI=1S/C8H19N3S/c1-9-10-7-3-5-8(6-4-7)11-12-2/h7-11H,3-6H2,1-2H3. The zero-order valence-electron chi connectivity index (χ0n) is 7.89. The van der Waals surface area contributed by atoms with Crippen molar-refractivity contribution in [3.05, 3.63) is 0 Å². The van der Waals surface area contributed by atoms with Crippen molar-refractivity contribution in [3.63, 3.8) is 0 Å². The second kappa shape index (κ2) is 5.80. The lowest BCUT2D eigenvalue weighted by atomic mass is 9.92. The van der Waals surface area contributed by atoms with Crippen LogP contribution in [0.25, 0.3) is 0 Å². The molecule has 0 unspecified atom stereocenters. The van der Waals surface area contributed by atoms with Crippen molar-refractivity contribution in [3.8, 4) is 0 Å². The molecule has 0 amide bonds. The molecule has 0 aromatic rings. The van der Waals surface area contributed by atoms with Crippen LogP contribution in [0.3, 0.4) is 0 Å². The normalized spacial score (nSPS) is 30.5. The monoisotopic (exact) mass is 189 g/mol. The predicted molar refractivity (Wildman–Crippen MR) is 54.9 cm³/mol. The first-order valence-electron chi connectivity index (χ1n) is 4.57. The molecule has 0 aromatic heterocycles. The summed E-state index contributed by atoms with van der Waals surface area (Å²) >= 11 is 1.74. The zero-order chi connectivity index (χ0) is 8.81. The molecular formula is C8H19N3S. The second-order valence-corrected chi connectivity index (χ2v) is 3.91. The lowest BCUT2D eigenvalue weighted by Gasteiger charge is -2.28. The van der Waals surface area contributed by atoms with Gasteiger partial charge in [-0.1, -0.05) is 11.9 Å². The molecule has 12 heavy (non-hydrogen) atoms. The Balaban J connectivity index is 2.11. The molecule has 1 fully saturated rings. The molecule has 0 radical (unpaired) electrons. The number of hydrazine groups is 1. The number of hydrogen-bond donors (Lipinski definition) is 3. The highest BCUT2D eigenvalue weighted by Gasteiger charge is 2.19. The molecule has 4 heteroatoms. The summed E-state index contributed by atoms with van der Waals surface area (Å²) in [5, 5.41) is 0. The number of hydrogen-bond acceptors (Lipinski definition) is 4. The maximum Gasteiger partial charge on any atom is 0.0214 e. The van der Waals surface area contributed by atoms with Gasteiger partial charge in [0.25, 0.3) is 0 Å². The second-order valence-electron chi connectivity index (χ2n) is 3.26. The van der Waals surface area contributed by atoms with Gasteiger partial charge >= 0.3 is 0 Å². The van der Waals surface area contributed by atoms with E-state index in [0.717, 1.165) is 6.04 Å². The Kier molecular flexibility index (Phi) is 4.99. The van der Waals surface area contributed by atoms with E-state index < -0.39 is 0 Å². The lowest BCUT2D eigenvalue weighted by Crippen LogP contribution is -2.43. The maximum atomic E-state index is 3.42. The van der Waals surface area contributed by atoms with E-state index in [1.807, 2.05) is 7.05 Å². The first-order valence-corrected chi connectivity index (χ1v) is 5.80. The highest BCUT2D eigenvalue weighted by molar-refractivity contribution is 7.96. The molecule has 1 aliphatic carbocycles. The molecule has 72 valence electrons. The highest BCUT2D eigenvalue weighted by Crippen LogP contribution is 2.19. The van der Waals surface area contributed by atoms with Gasteiger partial charge in [-0.05, 0) is 39.0 Å². The highest BCUT2D eigenvalue weighted by atomic mass is 32.2. The SMILES string of the molecule is CNNC1CCC(NSC)CC1. The Hall–Kier alpha value is 0.230. The third-order valence-electron chi connectivity index (χ3n) is 2.36. The molecule has 0 aromatic carbocycles. The zero-order valence-corrected chi connectivity index (χ0v) is 8.71. The summed E-state index contributed by atoms with van der Waals surface area (Å²) in [5.41, 5.74) is 6.27. The van der Waals surface area contributed by atoms with Crippen LogP contribution in [-0.4, -0.2) is 25.4 Å². The van der Waals surface area contributed by atoms with Crippen molar-refractivity contribution in [1.29, 1.82) is 0 Å². The Morgan fingerprint density at radius 2 is 1.67 bits per heavy atom. The van der Waals surface area contributed by atoms with Crippen LogP contribution >= 0.6 is 11.9 Å². The van der Waals surface area contributed by atoms with Gasteiger partial charge in [0.05, 0.1) is 0 Å². The van der Waals surface area contributed by atoms with Gasteiger partial charge in [-0.2, -0.15) is 0 Å². The van der Waals surface area contributed by atoms with E-state index in [2.05, 4.69) is 21.8 Å². The summed E-state index contributed by atoms with van der Waals surface area (Å²) in [6.45, 7) is 0. The van der Waals surface area contributed by atoms with E-state index in [-0.39, 0.29) is 0 Å². The van der Waals surface area contributed by atoms with Gasteiger partial charge < -0.3 is 0 Å². The van der Waals surface area contributed by atoms with E-state index >= 15 is 0 Å². The molecular weight excluding hydrogens is 170 g/mol.